The largest absolute Gasteiger partial charge is 0.484 e. The highest BCUT2D eigenvalue weighted by Crippen LogP contribution is 2.14. The Kier molecular flexibility index (Phi) is 5.78. The van der Waals surface area contributed by atoms with E-state index in [1.807, 2.05) is 6.07 Å². The fraction of sp³-hybridized carbons (Fsp3) is 0.231. The number of thioether (sulfide) groups is 1. The summed E-state index contributed by atoms with van der Waals surface area (Å²) in [4.78, 5) is 23.0. The number of para-hydroxylation sites is 1. The molecule has 2 aromatic rings. The summed E-state index contributed by atoms with van der Waals surface area (Å²) in [6.45, 7) is 1.46. The predicted octanol–water partition coefficient (Wildman–Crippen LogP) is 0.697. The van der Waals surface area contributed by atoms with Gasteiger partial charge in [-0.15, -0.1) is 10.2 Å². The number of nitrogens with zero attached hydrogens (tertiary/aromatic N) is 2. The number of aryl methyl sites for hydroxylation is 1. The second-order valence-corrected chi connectivity index (χ2v) is 5.00. The zero-order valence-corrected chi connectivity index (χ0v) is 12.6. The lowest BCUT2D eigenvalue weighted by Crippen LogP contribution is -2.44. The van der Waals surface area contributed by atoms with Crippen molar-refractivity contribution >= 4 is 23.6 Å². The topological polar surface area (TPSA) is 106 Å². The van der Waals surface area contributed by atoms with Gasteiger partial charge in [0.1, 0.15) is 5.75 Å². The predicted molar refractivity (Wildman–Crippen MR) is 78.0 cm³/mol. The Morgan fingerprint density at radius 1 is 1.18 bits per heavy atom. The lowest BCUT2D eigenvalue weighted by atomic mass is 10.3. The van der Waals surface area contributed by atoms with E-state index in [0.717, 1.165) is 11.8 Å². The number of rotatable bonds is 6. The van der Waals surface area contributed by atoms with Gasteiger partial charge in [-0.3, -0.25) is 20.4 Å². The van der Waals surface area contributed by atoms with Gasteiger partial charge in [0.05, 0.1) is 5.75 Å². The summed E-state index contributed by atoms with van der Waals surface area (Å²) >= 11 is 1.08. The normalized spacial score (nSPS) is 10.0. The number of carbonyl (C=O) groups excluding carboxylic acids is 2. The van der Waals surface area contributed by atoms with Gasteiger partial charge >= 0.3 is 0 Å². The van der Waals surface area contributed by atoms with Gasteiger partial charge in [0, 0.05) is 6.92 Å². The molecular formula is C13H14N4O4S. The van der Waals surface area contributed by atoms with E-state index in [-0.39, 0.29) is 12.4 Å². The minimum absolute atomic E-state index is 0.0431. The third-order valence-corrected chi connectivity index (χ3v) is 3.11. The minimum Gasteiger partial charge on any atom is -0.484 e. The molecule has 8 nitrogen and oxygen atoms in total. The number of carbonyl (C=O) groups is 2. The Morgan fingerprint density at radius 3 is 2.59 bits per heavy atom. The molecule has 2 amide bonds. The zero-order valence-electron chi connectivity index (χ0n) is 11.7. The Bertz CT molecular complexity index is 632. The van der Waals surface area contributed by atoms with Crippen LogP contribution < -0.4 is 15.6 Å². The summed E-state index contributed by atoms with van der Waals surface area (Å²) in [5.41, 5.74) is 4.52. The van der Waals surface area contributed by atoms with E-state index >= 15 is 0 Å². The maximum atomic E-state index is 11.5. The molecule has 0 unspecified atom stereocenters. The van der Waals surface area contributed by atoms with E-state index in [9.17, 15) is 9.59 Å². The minimum atomic E-state index is -0.462. The number of benzene rings is 1. The molecule has 0 aliphatic heterocycles. The quantitative estimate of drug-likeness (QED) is 0.595. The van der Waals surface area contributed by atoms with Crippen LogP contribution in [0, 0.1) is 6.92 Å². The van der Waals surface area contributed by atoms with Crippen molar-refractivity contribution in [2.24, 2.45) is 0 Å². The Balaban J connectivity index is 1.62. The average molecular weight is 322 g/mol. The summed E-state index contributed by atoms with van der Waals surface area (Å²) in [5, 5.41) is 7.67. The third kappa shape index (κ3) is 5.44. The molecule has 0 aliphatic rings. The van der Waals surface area contributed by atoms with Crippen LogP contribution in [0.2, 0.25) is 0 Å². The molecule has 0 aliphatic carbocycles. The first-order chi connectivity index (χ1) is 10.6. The van der Waals surface area contributed by atoms with Crippen molar-refractivity contribution in [1.29, 1.82) is 0 Å². The van der Waals surface area contributed by atoms with E-state index in [1.165, 1.54) is 0 Å². The van der Waals surface area contributed by atoms with Gasteiger partial charge < -0.3 is 9.15 Å². The van der Waals surface area contributed by atoms with Crippen LogP contribution in [0.5, 0.6) is 5.75 Å². The van der Waals surface area contributed by atoms with Crippen molar-refractivity contribution in [3.63, 3.8) is 0 Å². The fourth-order valence-electron chi connectivity index (χ4n) is 1.34. The van der Waals surface area contributed by atoms with Gasteiger partial charge in [0.2, 0.25) is 11.8 Å². The van der Waals surface area contributed by atoms with E-state index < -0.39 is 11.8 Å². The van der Waals surface area contributed by atoms with E-state index in [2.05, 4.69) is 21.0 Å². The molecule has 2 rings (SSSR count). The summed E-state index contributed by atoms with van der Waals surface area (Å²) in [6.07, 6.45) is 0. The monoisotopic (exact) mass is 322 g/mol. The van der Waals surface area contributed by atoms with Crippen molar-refractivity contribution in [1.82, 2.24) is 21.0 Å². The van der Waals surface area contributed by atoms with Crippen molar-refractivity contribution in [2.75, 3.05) is 12.4 Å². The Labute approximate surface area is 130 Å². The van der Waals surface area contributed by atoms with Crippen LogP contribution in [0.25, 0.3) is 0 Å². The zero-order chi connectivity index (χ0) is 15.8. The molecule has 1 aromatic carbocycles. The average Bonchev–Trinajstić information content (AvgIpc) is 2.95. The third-order valence-electron chi connectivity index (χ3n) is 2.29. The molecule has 9 heteroatoms. The first kappa shape index (κ1) is 15.8. The Morgan fingerprint density at radius 2 is 1.91 bits per heavy atom. The fourth-order valence-corrected chi connectivity index (χ4v) is 1.95. The Hall–Kier alpha value is -2.55. The second kappa shape index (κ2) is 8.03. The number of amides is 2. The molecule has 2 N–H and O–H groups in total. The lowest BCUT2D eigenvalue weighted by molar-refractivity contribution is -0.128. The van der Waals surface area contributed by atoms with Gasteiger partial charge in [0.25, 0.3) is 11.1 Å². The van der Waals surface area contributed by atoms with E-state index in [0.29, 0.717) is 16.9 Å². The summed E-state index contributed by atoms with van der Waals surface area (Å²) in [5.74, 6) is 0.187. The highest BCUT2D eigenvalue weighted by Gasteiger charge is 2.09. The molecule has 0 atom stereocenters. The highest BCUT2D eigenvalue weighted by molar-refractivity contribution is 7.99. The number of ether oxygens (including phenoxy) is 1. The first-order valence-corrected chi connectivity index (χ1v) is 7.30. The summed E-state index contributed by atoms with van der Waals surface area (Å²) in [6, 6.07) is 8.90. The van der Waals surface area contributed by atoms with Crippen LogP contribution in [0.1, 0.15) is 5.89 Å². The molecule has 0 fully saturated rings. The summed E-state index contributed by atoms with van der Waals surface area (Å²) in [7, 11) is 0. The van der Waals surface area contributed by atoms with E-state index in [4.69, 9.17) is 9.15 Å². The molecule has 0 saturated carbocycles. The molecule has 1 aromatic heterocycles. The van der Waals surface area contributed by atoms with Crippen LogP contribution in [0.4, 0.5) is 0 Å². The highest BCUT2D eigenvalue weighted by atomic mass is 32.2. The number of hydrogen-bond donors (Lipinski definition) is 2. The first-order valence-electron chi connectivity index (χ1n) is 6.32. The molecule has 0 spiro atoms. The molecule has 22 heavy (non-hydrogen) atoms. The van der Waals surface area contributed by atoms with Crippen molar-refractivity contribution in [3.8, 4) is 5.75 Å². The second-order valence-electron chi connectivity index (χ2n) is 4.07. The van der Waals surface area contributed by atoms with Crippen molar-refractivity contribution in [2.45, 2.75) is 12.1 Å². The van der Waals surface area contributed by atoms with Crippen LogP contribution in [0.15, 0.2) is 40.0 Å². The molecule has 0 saturated heterocycles. The van der Waals surface area contributed by atoms with Crippen LogP contribution in [0.3, 0.4) is 0 Å². The van der Waals surface area contributed by atoms with Gasteiger partial charge in [0.15, 0.2) is 6.61 Å². The smallest absolute Gasteiger partial charge is 0.277 e. The lowest BCUT2D eigenvalue weighted by Gasteiger charge is -2.08. The van der Waals surface area contributed by atoms with Crippen molar-refractivity contribution in [3.05, 3.63) is 36.2 Å². The van der Waals surface area contributed by atoms with Gasteiger partial charge in [-0.1, -0.05) is 30.0 Å². The molecular weight excluding hydrogens is 308 g/mol. The maximum absolute atomic E-state index is 11.5. The van der Waals surface area contributed by atoms with Gasteiger partial charge in [-0.05, 0) is 12.1 Å². The van der Waals surface area contributed by atoms with Crippen molar-refractivity contribution < 1.29 is 18.7 Å². The van der Waals surface area contributed by atoms with E-state index in [1.54, 1.807) is 31.2 Å². The standard InChI is InChI=1S/C13H14N4O4S/c1-9-14-17-13(21-9)22-8-12(19)16-15-11(18)7-20-10-5-3-2-4-6-10/h2-6H,7-8H2,1H3,(H,15,18)(H,16,19). The number of nitrogens with one attached hydrogen (secondary N) is 2. The molecule has 1 heterocycles. The van der Waals surface area contributed by atoms with Crippen LogP contribution in [-0.4, -0.2) is 34.4 Å². The maximum Gasteiger partial charge on any atom is 0.277 e. The van der Waals surface area contributed by atoms with Crippen LogP contribution >= 0.6 is 11.8 Å². The SMILES string of the molecule is Cc1nnc(SCC(=O)NNC(=O)COc2ccccc2)o1. The van der Waals surface area contributed by atoms with Gasteiger partial charge in [-0.25, -0.2) is 0 Å². The molecule has 116 valence electrons. The number of aromatic nitrogens is 2. The number of hydrazine groups is 1. The molecule has 0 bridgehead atoms. The van der Waals surface area contributed by atoms with Gasteiger partial charge in [-0.2, -0.15) is 0 Å². The number of hydrogen-bond acceptors (Lipinski definition) is 7. The summed E-state index contributed by atoms with van der Waals surface area (Å²) < 4.78 is 10.3. The van der Waals surface area contributed by atoms with Crippen LogP contribution in [-0.2, 0) is 9.59 Å². The molecule has 0 radical (unpaired) electrons.